The van der Waals surface area contributed by atoms with Gasteiger partial charge in [-0.15, -0.1) is 11.3 Å². The predicted octanol–water partition coefficient (Wildman–Crippen LogP) is 5.42. The molecular formula is C23H19ClN2O3S. The van der Waals surface area contributed by atoms with E-state index >= 15 is 0 Å². The first-order valence-electron chi connectivity index (χ1n) is 9.25. The van der Waals surface area contributed by atoms with Gasteiger partial charge >= 0.3 is 0 Å². The molecule has 1 aliphatic rings. The van der Waals surface area contributed by atoms with Gasteiger partial charge in [0.25, 0.3) is 11.8 Å². The van der Waals surface area contributed by atoms with E-state index in [9.17, 15) is 9.59 Å². The standard InChI is InChI=1S/C23H19ClN2O3S/c1-13-6-8-16(11-14(13)2)26-22(27)20(19-5-4-10-30-19)21(23(26)28)25-15-7-9-18(29-3)17(24)12-15/h4-12,25H,1-3H3. The van der Waals surface area contributed by atoms with Crippen molar-refractivity contribution in [3.8, 4) is 5.75 Å². The molecule has 0 bridgehead atoms. The zero-order valence-electron chi connectivity index (χ0n) is 16.7. The number of carbonyl (C=O) groups excluding carboxylic acids is 2. The summed E-state index contributed by atoms with van der Waals surface area (Å²) in [4.78, 5) is 28.7. The maximum absolute atomic E-state index is 13.4. The molecule has 4 rings (SSSR count). The normalized spacial score (nSPS) is 13.9. The van der Waals surface area contributed by atoms with Gasteiger partial charge in [-0.2, -0.15) is 0 Å². The Morgan fingerprint density at radius 1 is 1.00 bits per heavy atom. The molecule has 2 amide bonds. The number of benzene rings is 2. The molecule has 0 saturated carbocycles. The molecule has 30 heavy (non-hydrogen) atoms. The second-order valence-electron chi connectivity index (χ2n) is 6.92. The van der Waals surface area contributed by atoms with Crippen molar-refractivity contribution in [3.05, 3.63) is 80.6 Å². The Labute approximate surface area is 183 Å². The number of carbonyl (C=O) groups is 2. The van der Waals surface area contributed by atoms with Crippen LogP contribution in [0.3, 0.4) is 0 Å². The fourth-order valence-electron chi connectivity index (χ4n) is 3.28. The summed E-state index contributed by atoms with van der Waals surface area (Å²) in [6.07, 6.45) is 0. The first-order chi connectivity index (χ1) is 14.4. The maximum atomic E-state index is 13.4. The quantitative estimate of drug-likeness (QED) is 0.540. The zero-order chi connectivity index (χ0) is 21.4. The molecule has 0 spiro atoms. The lowest BCUT2D eigenvalue weighted by Gasteiger charge is -2.17. The van der Waals surface area contributed by atoms with Gasteiger partial charge < -0.3 is 10.1 Å². The number of nitrogens with zero attached hydrogens (tertiary/aromatic N) is 1. The Hall–Kier alpha value is -3.09. The summed E-state index contributed by atoms with van der Waals surface area (Å²) in [6.45, 7) is 3.94. The molecule has 0 aliphatic carbocycles. The molecule has 0 saturated heterocycles. The first kappa shape index (κ1) is 20.2. The largest absolute Gasteiger partial charge is 0.495 e. The fourth-order valence-corrected chi connectivity index (χ4v) is 4.31. The zero-order valence-corrected chi connectivity index (χ0v) is 18.2. The average molecular weight is 439 g/mol. The predicted molar refractivity (Wildman–Crippen MR) is 121 cm³/mol. The Morgan fingerprint density at radius 2 is 1.80 bits per heavy atom. The molecule has 7 heteroatoms. The molecule has 1 aromatic heterocycles. The minimum absolute atomic E-state index is 0.224. The van der Waals surface area contributed by atoms with E-state index in [4.69, 9.17) is 16.3 Å². The maximum Gasteiger partial charge on any atom is 0.282 e. The fraction of sp³-hybridized carbons (Fsp3) is 0.130. The van der Waals surface area contributed by atoms with E-state index in [2.05, 4.69) is 5.32 Å². The van der Waals surface area contributed by atoms with Gasteiger partial charge in [-0.05, 0) is 66.8 Å². The van der Waals surface area contributed by atoms with Crippen molar-refractivity contribution in [3.63, 3.8) is 0 Å². The van der Waals surface area contributed by atoms with Crippen molar-refractivity contribution in [2.75, 3.05) is 17.3 Å². The monoisotopic (exact) mass is 438 g/mol. The van der Waals surface area contributed by atoms with Gasteiger partial charge in [-0.3, -0.25) is 9.59 Å². The number of rotatable bonds is 5. The van der Waals surface area contributed by atoms with Crippen LogP contribution >= 0.6 is 22.9 Å². The summed E-state index contributed by atoms with van der Waals surface area (Å²) in [5.41, 5.74) is 3.81. The van der Waals surface area contributed by atoms with Crippen LogP contribution in [0.1, 0.15) is 16.0 Å². The van der Waals surface area contributed by atoms with Gasteiger partial charge in [0.05, 0.1) is 23.4 Å². The lowest BCUT2D eigenvalue weighted by molar-refractivity contribution is -0.120. The Morgan fingerprint density at radius 3 is 2.43 bits per heavy atom. The van der Waals surface area contributed by atoms with Crippen LogP contribution in [0.5, 0.6) is 5.75 Å². The highest BCUT2D eigenvalue weighted by molar-refractivity contribution is 7.11. The van der Waals surface area contributed by atoms with Crippen molar-refractivity contribution < 1.29 is 14.3 Å². The molecule has 152 valence electrons. The smallest absolute Gasteiger partial charge is 0.282 e. The van der Waals surface area contributed by atoms with Crippen LogP contribution in [0.15, 0.2) is 59.6 Å². The summed E-state index contributed by atoms with van der Waals surface area (Å²) < 4.78 is 5.18. The van der Waals surface area contributed by atoms with Gasteiger partial charge in [-0.1, -0.05) is 23.7 Å². The lowest BCUT2D eigenvalue weighted by atomic mass is 10.1. The van der Waals surface area contributed by atoms with Crippen molar-refractivity contribution >= 4 is 51.7 Å². The van der Waals surface area contributed by atoms with E-state index in [1.165, 1.54) is 23.3 Å². The second kappa shape index (κ2) is 7.97. The van der Waals surface area contributed by atoms with E-state index < -0.39 is 5.91 Å². The van der Waals surface area contributed by atoms with Crippen LogP contribution in [0.4, 0.5) is 11.4 Å². The molecule has 2 heterocycles. The number of hydrogen-bond acceptors (Lipinski definition) is 5. The molecule has 0 radical (unpaired) electrons. The van der Waals surface area contributed by atoms with Crippen LogP contribution < -0.4 is 15.0 Å². The highest BCUT2D eigenvalue weighted by Crippen LogP contribution is 2.37. The number of anilines is 2. The summed E-state index contributed by atoms with van der Waals surface area (Å²) in [7, 11) is 1.53. The molecule has 2 aromatic carbocycles. The van der Waals surface area contributed by atoms with Crippen LogP contribution in [-0.2, 0) is 9.59 Å². The molecule has 0 unspecified atom stereocenters. The van der Waals surface area contributed by atoms with Gasteiger partial charge in [0.2, 0.25) is 0 Å². The van der Waals surface area contributed by atoms with Gasteiger partial charge in [0.1, 0.15) is 11.4 Å². The third-order valence-corrected chi connectivity index (χ3v) is 6.20. The van der Waals surface area contributed by atoms with Gasteiger partial charge in [0.15, 0.2) is 0 Å². The lowest BCUT2D eigenvalue weighted by Crippen LogP contribution is -2.32. The minimum atomic E-state index is -0.404. The van der Waals surface area contributed by atoms with Crippen LogP contribution in [0.25, 0.3) is 5.57 Å². The number of ether oxygens (including phenoxy) is 1. The van der Waals surface area contributed by atoms with Gasteiger partial charge in [0, 0.05) is 10.6 Å². The SMILES string of the molecule is COc1ccc(NC2=C(c3cccs3)C(=O)N(c3ccc(C)c(C)c3)C2=O)cc1Cl. The molecule has 0 fully saturated rings. The van der Waals surface area contributed by atoms with Crippen molar-refractivity contribution in [2.45, 2.75) is 13.8 Å². The van der Waals surface area contributed by atoms with E-state index in [0.717, 1.165) is 16.0 Å². The number of nitrogens with one attached hydrogen (secondary N) is 1. The van der Waals surface area contributed by atoms with Gasteiger partial charge in [-0.25, -0.2) is 4.90 Å². The third-order valence-electron chi connectivity index (χ3n) is 5.02. The molecule has 3 aromatic rings. The Bertz CT molecular complexity index is 1190. The number of imide groups is 1. The summed E-state index contributed by atoms with van der Waals surface area (Å²) in [5, 5.41) is 5.39. The summed E-state index contributed by atoms with van der Waals surface area (Å²) in [5.74, 6) is -0.230. The van der Waals surface area contributed by atoms with Crippen molar-refractivity contribution in [2.24, 2.45) is 0 Å². The van der Waals surface area contributed by atoms with E-state index in [1.807, 2.05) is 43.5 Å². The summed E-state index contributed by atoms with van der Waals surface area (Å²) in [6, 6.07) is 14.4. The second-order valence-corrected chi connectivity index (χ2v) is 8.27. The molecule has 1 N–H and O–H groups in total. The van der Waals surface area contributed by atoms with E-state index in [1.54, 1.807) is 24.3 Å². The number of methoxy groups -OCH3 is 1. The van der Waals surface area contributed by atoms with E-state index in [0.29, 0.717) is 27.7 Å². The highest BCUT2D eigenvalue weighted by Gasteiger charge is 2.40. The number of halogens is 1. The Kier molecular flexibility index (Phi) is 5.37. The molecule has 0 atom stereocenters. The number of thiophene rings is 1. The van der Waals surface area contributed by atoms with Crippen molar-refractivity contribution in [1.29, 1.82) is 0 Å². The average Bonchev–Trinajstić information content (AvgIpc) is 3.32. The van der Waals surface area contributed by atoms with Crippen LogP contribution in [0.2, 0.25) is 5.02 Å². The molecular weight excluding hydrogens is 420 g/mol. The number of hydrogen-bond donors (Lipinski definition) is 1. The minimum Gasteiger partial charge on any atom is -0.495 e. The topological polar surface area (TPSA) is 58.6 Å². The molecule has 5 nitrogen and oxygen atoms in total. The van der Waals surface area contributed by atoms with Crippen LogP contribution in [-0.4, -0.2) is 18.9 Å². The summed E-state index contributed by atoms with van der Waals surface area (Å²) >= 11 is 7.64. The first-order valence-corrected chi connectivity index (χ1v) is 10.5. The highest BCUT2D eigenvalue weighted by atomic mass is 35.5. The number of aryl methyl sites for hydroxylation is 2. The number of amides is 2. The third kappa shape index (κ3) is 3.49. The van der Waals surface area contributed by atoms with E-state index in [-0.39, 0.29) is 11.6 Å². The van der Waals surface area contributed by atoms with Crippen molar-refractivity contribution in [1.82, 2.24) is 0 Å². The van der Waals surface area contributed by atoms with Crippen LogP contribution in [0, 0.1) is 13.8 Å². The molecule has 1 aliphatic heterocycles. The Balaban J connectivity index is 1.78.